The summed E-state index contributed by atoms with van der Waals surface area (Å²) in [5.41, 5.74) is 6.38. The largest absolute Gasteiger partial charge is 0.469 e. The van der Waals surface area contributed by atoms with Gasteiger partial charge in [-0.2, -0.15) is 0 Å². The molecule has 112 valence electrons. The van der Waals surface area contributed by atoms with Crippen LogP contribution in [0.2, 0.25) is 0 Å². The lowest BCUT2D eigenvalue weighted by Gasteiger charge is -2.24. The van der Waals surface area contributed by atoms with Crippen LogP contribution in [0.15, 0.2) is 30.3 Å². The van der Waals surface area contributed by atoms with Crippen LogP contribution in [-0.2, 0) is 14.3 Å². The summed E-state index contributed by atoms with van der Waals surface area (Å²) in [5, 5.41) is 2.78. The van der Waals surface area contributed by atoms with E-state index in [1.807, 2.05) is 30.3 Å². The van der Waals surface area contributed by atoms with Gasteiger partial charge in [-0.15, -0.1) is 12.4 Å². The number of ether oxygens (including phenoxy) is 1. The zero-order valence-electron chi connectivity index (χ0n) is 11.8. The number of nitrogens with one attached hydrogen (secondary N) is 1. The normalized spacial score (nSPS) is 14.4. The van der Waals surface area contributed by atoms with Gasteiger partial charge in [-0.05, 0) is 19.4 Å². The van der Waals surface area contributed by atoms with Crippen molar-refractivity contribution < 1.29 is 14.3 Å². The summed E-state index contributed by atoms with van der Waals surface area (Å²) in [4.78, 5) is 23.4. The number of carbonyl (C=O) groups is 2. The van der Waals surface area contributed by atoms with Crippen LogP contribution in [-0.4, -0.2) is 25.0 Å². The minimum atomic E-state index is -0.629. The van der Waals surface area contributed by atoms with E-state index in [1.165, 1.54) is 7.11 Å². The molecule has 0 fully saturated rings. The number of amides is 1. The number of methoxy groups -OCH3 is 1. The number of esters is 1. The maximum absolute atomic E-state index is 11.8. The highest BCUT2D eigenvalue weighted by Gasteiger charge is 2.28. The lowest BCUT2D eigenvalue weighted by atomic mass is 9.94. The molecule has 3 atom stereocenters. The van der Waals surface area contributed by atoms with Gasteiger partial charge in [0.15, 0.2) is 0 Å². The second-order valence-corrected chi connectivity index (χ2v) is 4.50. The van der Waals surface area contributed by atoms with Crippen molar-refractivity contribution in [2.24, 2.45) is 11.7 Å². The Labute approximate surface area is 125 Å². The fourth-order valence-electron chi connectivity index (χ4n) is 1.76. The molecule has 0 spiro atoms. The first-order chi connectivity index (χ1) is 8.97. The second kappa shape index (κ2) is 8.55. The van der Waals surface area contributed by atoms with Crippen LogP contribution in [0.25, 0.3) is 0 Å². The molecule has 0 heterocycles. The van der Waals surface area contributed by atoms with Gasteiger partial charge in [0.2, 0.25) is 5.91 Å². The van der Waals surface area contributed by atoms with Gasteiger partial charge in [0, 0.05) is 0 Å². The zero-order valence-corrected chi connectivity index (χ0v) is 12.6. The van der Waals surface area contributed by atoms with Crippen molar-refractivity contribution in [3.63, 3.8) is 0 Å². The molecule has 6 heteroatoms. The van der Waals surface area contributed by atoms with E-state index in [4.69, 9.17) is 10.5 Å². The van der Waals surface area contributed by atoms with E-state index in [0.29, 0.717) is 0 Å². The summed E-state index contributed by atoms with van der Waals surface area (Å²) in [6.07, 6.45) is 0. The Kier molecular flexibility index (Phi) is 7.87. The number of nitrogens with two attached hydrogens (primary N) is 1. The molecule has 0 aromatic heterocycles. The lowest BCUT2D eigenvalue weighted by Crippen LogP contribution is -2.43. The molecule has 0 saturated carbocycles. The molecule has 0 saturated heterocycles. The third kappa shape index (κ3) is 4.83. The highest BCUT2D eigenvalue weighted by Crippen LogP contribution is 2.23. The van der Waals surface area contributed by atoms with Gasteiger partial charge in [-0.25, -0.2) is 0 Å². The van der Waals surface area contributed by atoms with E-state index in [1.54, 1.807) is 13.8 Å². The van der Waals surface area contributed by atoms with Crippen LogP contribution in [0.3, 0.4) is 0 Å². The summed E-state index contributed by atoms with van der Waals surface area (Å²) in [5.74, 6) is -1.17. The van der Waals surface area contributed by atoms with E-state index >= 15 is 0 Å². The molecule has 3 N–H and O–H groups in total. The van der Waals surface area contributed by atoms with E-state index in [0.717, 1.165) is 5.56 Å². The first-order valence-electron chi connectivity index (χ1n) is 6.16. The van der Waals surface area contributed by atoms with Crippen molar-refractivity contribution in [3.05, 3.63) is 35.9 Å². The Balaban J connectivity index is 0.00000361. The number of hydrogen-bond donors (Lipinski definition) is 2. The van der Waals surface area contributed by atoms with Crippen molar-refractivity contribution >= 4 is 24.3 Å². The van der Waals surface area contributed by atoms with E-state index in [-0.39, 0.29) is 24.3 Å². The SMILES string of the molecule is COC(=O)C(C)C(NC(=O)[C@H](C)N)c1ccccc1.Cl. The smallest absolute Gasteiger partial charge is 0.310 e. The fraction of sp³-hybridized carbons (Fsp3) is 0.429. The Morgan fingerprint density at radius 3 is 2.20 bits per heavy atom. The second-order valence-electron chi connectivity index (χ2n) is 4.50. The Morgan fingerprint density at radius 1 is 1.20 bits per heavy atom. The van der Waals surface area contributed by atoms with Crippen LogP contribution in [0.1, 0.15) is 25.5 Å². The number of halogens is 1. The van der Waals surface area contributed by atoms with Gasteiger partial charge in [0.1, 0.15) is 0 Å². The Morgan fingerprint density at radius 2 is 1.75 bits per heavy atom. The first kappa shape index (κ1) is 18.4. The maximum atomic E-state index is 11.8. The quantitative estimate of drug-likeness (QED) is 0.806. The summed E-state index contributed by atoms with van der Waals surface area (Å²) in [6, 6.07) is 8.20. The van der Waals surface area contributed by atoms with Gasteiger partial charge in [-0.1, -0.05) is 30.3 Å². The average Bonchev–Trinajstić information content (AvgIpc) is 2.43. The van der Waals surface area contributed by atoms with Crippen LogP contribution in [0, 0.1) is 5.92 Å². The lowest BCUT2D eigenvalue weighted by molar-refractivity contribution is -0.146. The highest BCUT2D eigenvalue weighted by atomic mass is 35.5. The number of hydrogen-bond acceptors (Lipinski definition) is 4. The molecule has 0 aliphatic heterocycles. The minimum Gasteiger partial charge on any atom is -0.469 e. The number of benzene rings is 1. The summed E-state index contributed by atoms with van der Waals surface area (Å²) >= 11 is 0. The molecule has 0 radical (unpaired) electrons. The van der Waals surface area contributed by atoms with Crippen LogP contribution in [0.5, 0.6) is 0 Å². The molecule has 1 rings (SSSR count). The van der Waals surface area contributed by atoms with Crippen molar-refractivity contribution in [2.45, 2.75) is 25.9 Å². The minimum absolute atomic E-state index is 0. The van der Waals surface area contributed by atoms with Crippen LogP contribution >= 0.6 is 12.4 Å². The molecule has 2 unspecified atom stereocenters. The van der Waals surface area contributed by atoms with Gasteiger partial charge < -0.3 is 15.8 Å². The fourth-order valence-corrected chi connectivity index (χ4v) is 1.76. The van der Waals surface area contributed by atoms with E-state index in [9.17, 15) is 9.59 Å². The molecular formula is C14H21ClN2O3. The van der Waals surface area contributed by atoms with Gasteiger partial charge in [0.05, 0.1) is 25.1 Å². The topological polar surface area (TPSA) is 81.4 Å². The molecule has 1 aromatic rings. The first-order valence-corrected chi connectivity index (χ1v) is 6.16. The predicted octanol–water partition coefficient (Wildman–Crippen LogP) is 1.42. The molecule has 20 heavy (non-hydrogen) atoms. The Hall–Kier alpha value is -1.59. The van der Waals surface area contributed by atoms with Crippen LogP contribution in [0.4, 0.5) is 0 Å². The monoisotopic (exact) mass is 300 g/mol. The van der Waals surface area contributed by atoms with Crippen molar-refractivity contribution in [1.29, 1.82) is 0 Å². The van der Waals surface area contributed by atoms with Gasteiger partial charge in [-0.3, -0.25) is 9.59 Å². The van der Waals surface area contributed by atoms with Crippen molar-refractivity contribution in [2.75, 3.05) is 7.11 Å². The predicted molar refractivity (Wildman–Crippen MR) is 79.4 cm³/mol. The van der Waals surface area contributed by atoms with E-state index < -0.39 is 18.0 Å². The summed E-state index contributed by atoms with van der Waals surface area (Å²) in [7, 11) is 1.33. The molecule has 0 aliphatic carbocycles. The van der Waals surface area contributed by atoms with Crippen molar-refractivity contribution in [1.82, 2.24) is 5.32 Å². The third-order valence-corrected chi connectivity index (χ3v) is 2.94. The number of rotatable bonds is 5. The van der Waals surface area contributed by atoms with E-state index in [2.05, 4.69) is 5.32 Å². The van der Waals surface area contributed by atoms with Crippen molar-refractivity contribution in [3.8, 4) is 0 Å². The van der Waals surface area contributed by atoms with Gasteiger partial charge in [0.25, 0.3) is 0 Å². The molecule has 5 nitrogen and oxygen atoms in total. The van der Waals surface area contributed by atoms with Gasteiger partial charge >= 0.3 is 5.97 Å². The molecule has 1 aromatic carbocycles. The maximum Gasteiger partial charge on any atom is 0.310 e. The molecular weight excluding hydrogens is 280 g/mol. The Bertz CT molecular complexity index is 437. The molecule has 0 bridgehead atoms. The third-order valence-electron chi connectivity index (χ3n) is 2.94. The van der Waals surface area contributed by atoms with Crippen LogP contribution < -0.4 is 11.1 Å². The zero-order chi connectivity index (χ0) is 14.4. The summed E-state index contributed by atoms with van der Waals surface area (Å²) in [6.45, 7) is 3.31. The average molecular weight is 301 g/mol. The standard InChI is InChI=1S/C14H20N2O3.ClH/c1-9(14(18)19-3)12(16-13(17)10(2)15)11-7-5-4-6-8-11;/h4-10,12H,15H2,1-3H3,(H,16,17);1H/t9?,10-,12?;/m0./s1. The molecule has 1 amide bonds. The molecule has 0 aliphatic rings. The number of carbonyl (C=O) groups excluding carboxylic acids is 2. The highest BCUT2D eigenvalue weighted by molar-refractivity contribution is 5.85. The summed E-state index contributed by atoms with van der Waals surface area (Å²) < 4.78 is 4.74.